The lowest BCUT2D eigenvalue weighted by Gasteiger charge is -2.54. The Morgan fingerprint density at radius 2 is 1.52 bits per heavy atom. The summed E-state index contributed by atoms with van der Waals surface area (Å²) >= 11 is 18.8. The number of amides is 1. The van der Waals surface area contributed by atoms with Gasteiger partial charge < -0.3 is 10.6 Å². The van der Waals surface area contributed by atoms with Gasteiger partial charge in [-0.2, -0.15) is 5.10 Å². The summed E-state index contributed by atoms with van der Waals surface area (Å²) in [7, 11) is 0. The Morgan fingerprint density at radius 3 is 2.20 bits per heavy atom. The molecule has 4 saturated carbocycles. The predicted octanol–water partition coefficient (Wildman–Crippen LogP) is 8.12. The maximum atomic E-state index is 13.2. The average Bonchev–Trinajstić information content (AvgIpc) is 3.26. The summed E-state index contributed by atoms with van der Waals surface area (Å²) in [4.78, 5) is 13.2. The monoisotopic (exact) mass is 598 g/mol. The SMILES string of the molecule is Cc1c(C(=O)NCCCCCNC2C3CC4CC(C3)CC2C4)nn(-c2ccc(Cl)cc2Cl)c1-c1ccc(Cl)cc1. The normalized spacial score (nSPS) is 24.9. The van der Waals surface area contributed by atoms with Crippen molar-refractivity contribution in [3.05, 3.63) is 68.8 Å². The number of carbonyl (C=O) groups excluding carboxylic acids is 1. The molecule has 40 heavy (non-hydrogen) atoms. The molecule has 0 saturated heterocycles. The molecule has 0 unspecified atom stereocenters. The maximum absolute atomic E-state index is 13.2. The summed E-state index contributed by atoms with van der Waals surface area (Å²) in [6.07, 6.45) is 10.5. The van der Waals surface area contributed by atoms with Gasteiger partial charge in [0.15, 0.2) is 5.69 Å². The first-order chi connectivity index (χ1) is 19.4. The van der Waals surface area contributed by atoms with Crippen LogP contribution in [0.15, 0.2) is 42.5 Å². The summed E-state index contributed by atoms with van der Waals surface area (Å²) in [5.41, 5.74) is 3.52. The number of nitrogens with zero attached hydrogens (tertiary/aromatic N) is 2. The van der Waals surface area contributed by atoms with Crippen molar-refractivity contribution in [3.63, 3.8) is 0 Å². The lowest BCUT2D eigenvalue weighted by Crippen LogP contribution is -2.54. The Bertz CT molecular complexity index is 1340. The fraction of sp³-hybridized carbons (Fsp3) is 0.500. The highest BCUT2D eigenvalue weighted by Gasteiger charge is 2.47. The first-order valence-electron chi connectivity index (χ1n) is 14.7. The maximum Gasteiger partial charge on any atom is 0.272 e. The zero-order valence-corrected chi connectivity index (χ0v) is 25.2. The average molecular weight is 600 g/mol. The summed E-state index contributed by atoms with van der Waals surface area (Å²) in [6, 6.07) is 13.5. The van der Waals surface area contributed by atoms with Gasteiger partial charge in [-0.1, -0.05) is 53.4 Å². The molecule has 7 rings (SSSR count). The number of unbranched alkanes of at least 4 members (excludes halogenated alkanes) is 2. The number of nitrogens with one attached hydrogen (secondary N) is 2. The van der Waals surface area contributed by atoms with Crippen molar-refractivity contribution in [2.75, 3.05) is 13.1 Å². The van der Waals surface area contributed by atoms with Gasteiger partial charge in [-0.05, 0) is 112 Å². The van der Waals surface area contributed by atoms with Crippen LogP contribution in [0.3, 0.4) is 0 Å². The standard InChI is InChI=1S/C32H37Cl3N4O/c1-19-29(38-39(28-10-9-26(34)18-27(28)35)31(19)22-5-7-25(33)8-6-22)32(40)37-12-4-2-3-11-36-30-23-14-20-13-21(16-23)17-24(30)15-20/h5-10,18,20-21,23-24,30,36H,2-4,11-17H2,1H3,(H,37,40). The van der Waals surface area contributed by atoms with Crippen LogP contribution in [0.25, 0.3) is 16.9 Å². The Balaban J connectivity index is 1.05. The second kappa shape index (κ2) is 12.1. The third-order valence-electron chi connectivity index (χ3n) is 9.34. The highest BCUT2D eigenvalue weighted by atomic mass is 35.5. The van der Waals surface area contributed by atoms with Crippen molar-refractivity contribution in [1.29, 1.82) is 0 Å². The zero-order chi connectivity index (χ0) is 27.8. The van der Waals surface area contributed by atoms with Crippen LogP contribution >= 0.6 is 34.8 Å². The second-order valence-corrected chi connectivity index (χ2v) is 13.3. The Hall–Kier alpha value is -2.05. The fourth-order valence-electron chi connectivity index (χ4n) is 7.73. The van der Waals surface area contributed by atoms with Crippen molar-refractivity contribution in [2.24, 2.45) is 23.7 Å². The third kappa shape index (κ3) is 5.81. The topological polar surface area (TPSA) is 59.0 Å². The lowest BCUT2D eigenvalue weighted by atomic mass is 9.54. The molecule has 4 aliphatic carbocycles. The molecule has 1 aromatic heterocycles. The molecule has 4 fully saturated rings. The van der Waals surface area contributed by atoms with Gasteiger partial charge in [0.25, 0.3) is 5.91 Å². The van der Waals surface area contributed by atoms with E-state index in [0.29, 0.717) is 33.0 Å². The molecule has 3 aromatic rings. The number of aromatic nitrogens is 2. The van der Waals surface area contributed by atoms with Crippen LogP contribution in [0.2, 0.25) is 15.1 Å². The molecule has 2 aromatic carbocycles. The highest BCUT2D eigenvalue weighted by Crippen LogP contribution is 2.53. The van der Waals surface area contributed by atoms with Crippen molar-refractivity contribution >= 4 is 40.7 Å². The van der Waals surface area contributed by atoms with Gasteiger partial charge in [0.05, 0.1) is 16.4 Å². The van der Waals surface area contributed by atoms with Crippen molar-refractivity contribution in [2.45, 2.75) is 64.3 Å². The minimum Gasteiger partial charge on any atom is -0.351 e. The van der Waals surface area contributed by atoms with Gasteiger partial charge in [-0.15, -0.1) is 0 Å². The van der Waals surface area contributed by atoms with Crippen LogP contribution in [0.5, 0.6) is 0 Å². The van der Waals surface area contributed by atoms with E-state index in [9.17, 15) is 4.79 Å². The van der Waals surface area contributed by atoms with E-state index in [1.165, 1.54) is 32.1 Å². The Labute approximate surface area is 252 Å². The number of benzene rings is 2. The molecule has 0 aliphatic heterocycles. The van der Waals surface area contributed by atoms with Crippen LogP contribution in [0.1, 0.15) is 67.4 Å². The van der Waals surface area contributed by atoms with Gasteiger partial charge in [-0.3, -0.25) is 4.79 Å². The second-order valence-electron chi connectivity index (χ2n) is 12.1. The van der Waals surface area contributed by atoms with Crippen molar-refractivity contribution in [1.82, 2.24) is 20.4 Å². The number of halogens is 3. The molecule has 0 atom stereocenters. The molecule has 8 heteroatoms. The van der Waals surface area contributed by atoms with E-state index in [4.69, 9.17) is 39.9 Å². The minimum absolute atomic E-state index is 0.178. The van der Waals surface area contributed by atoms with E-state index < -0.39 is 0 Å². The quantitative estimate of drug-likeness (QED) is 0.231. The van der Waals surface area contributed by atoms with E-state index in [-0.39, 0.29) is 5.91 Å². The van der Waals surface area contributed by atoms with Gasteiger partial charge in [-0.25, -0.2) is 4.68 Å². The first-order valence-corrected chi connectivity index (χ1v) is 15.8. The van der Waals surface area contributed by atoms with Crippen LogP contribution in [0.4, 0.5) is 0 Å². The van der Waals surface area contributed by atoms with Gasteiger partial charge in [0.1, 0.15) is 0 Å². The number of rotatable bonds is 10. The van der Waals surface area contributed by atoms with E-state index in [1.807, 2.05) is 37.3 Å². The Morgan fingerprint density at radius 1 is 0.875 bits per heavy atom. The van der Waals surface area contributed by atoms with E-state index in [2.05, 4.69) is 10.6 Å². The number of hydrogen-bond donors (Lipinski definition) is 2. The molecule has 4 aliphatic rings. The summed E-state index contributed by atoms with van der Waals surface area (Å²) in [6.45, 7) is 3.62. The van der Waals surface area contributed by atoms with Crippen LogP contribution in [-0.2, 0) is 0 Å². The van der Waals surface area contributed by atoms with Crippen molar-refractivity contribution < 1.29 is 4.79 Å². The molecule has 1 amide bonds. The van der Waals surface area contributed by atoms with Crippen LogP contribution < -0.4 is 10.6 Å². The molecule has 0 radical (unpaired) electrons. The number of carbonyl (C=O) groups is 1. The summed E-state index contributed by atoms with van der Waals surface area (Å²) < 4.78 is 1.72. The largest absolute Gasteiger partial charge is 0.351 e. The molecule has 1 heterocycles. The number of hydrogen-bond acceptors (Lipinski definition) is 3. The Kier molecular flexibility index (Phi) is 8.46. The van der Waals surface area contributed by atoms with Crippen LogP contribution in [0, 0.1) is 30.6 Å². The first kappa shape index (κ1) is 28.1. The van der Waals surface area contributed by atoms with Gasteiger partial charge >= 0.3 is 0 Å². The smallest absolute Gasteiger partial charge is 0.272 e. The molecule has 212 valence electrons. The molecule has 2 N–H and O–H groups in total. The predicted molar refractivity (Wildman–Crippen MR) is 164 cm³/mol. The van der Waals surface area contributed by atoms with Crippen molar-refractivity contribution in [3.8, 4) is 16.9 Å². The van der Waals surface area contributed by atoms with Gasteiger partial charge in [0.2, 0.25) is 0 Å². The molecule has 5 nitrogen and oxygen atoms in total. The molecule has 4 bridgehead atoms. The summed E-state index contributed by atoms with van der Waals surface area (Å²) in [5, 5.41) is 13.4. The molecule has 0 spiro atoms. The van der Waals surface area contributed by atoms with E-state index >= 15 is 0 Å². The highest BCUT2D eigenvalue weighted by molar-refractivity contribution is 6.35. The minimum atomic E-state index is -0.178. The van der Waals surface area contributed by atoms with Crippen LogP contribution in [-0.4, -0.2) is 34.8 Å². The third-order valence-corrected chi connectivity index (χ3v) is 10.1. The molecular weight excluding hydrogens is 563 g/mol. The lowest BCUT2D eigenvalue weighted by molar-refractivity contribution is -0.0135. The zero-order valence-electron chi connectivity index (χ0n) is 22.9. The molecular formula is C32H37Cl3N4O. The summed E-state index contributed by atoms with van der Waals surface area (Å²) in [5.74, 6) is 3.69. The van der Waals surface area contributed by atoms with E-state index in [1.54, 1.807) is 16.8 Å². The van der Waals surface area contributed by atoms with Gasteiger partial charge in [0, 0.05) is 33.8 Å². The van der Waals surface area contributed by atoms with E-state index in [0.717, 1.165) is 72.3 Å². The fourth-order valence-corrected chi connectivity index (χ4v) is 8.34.